The van der Waals surface area contributed by atoms with E-state index >= 15 is 0 Å². The molecule has 21 heavy (non-hydrogen) atoms. The highest BCUT2D eigenvalue weighted by Crippen LogP contribution is 2.22. The predicted octanol–water partition coefficient (Wildman–Crippen LogP) is 3.05. The van der Waals surface area contributed by atoms with Crippen molar-refractivity contribution in [1.82, 2.24) is 4.90 Å². The van der Waals surface area contributed by atoms with Crippen molar-refractivity contribution in [2.75, 3.05) is 18.9 Å². The molecule has 1 heterocycles. The van der Waals surface area contributed by atoms with Gasteiger partial charge in [0.1, 0.15) is 18.0 Å². The fraction of sp³-hybridized carbons (Fsp3) is 0.562. The number of benzene rings is 1. The highest BCUT2D eigenvalue weighted by molar-refractivity contribution is 5.69. The number of anilines is 1. The molecule has 0 saturated carbocycles. The summed E-state index contributed by atoms with van der Waals surface area (Å²) in [7, 11) is 0. The number of carbonyl (C=O) groups excluding carboxylic acids is 1. The maximum Gasteiger partial charge on any atom is 0.410 e. The van der Waals surface area contributed by atoms with E-state index in [0.29, 0.717) is 12.3 Å². The molecular formula is C16H24N2O3. The van der Waals surface area contributed by atoms with Gasteiger partial charge in [-0.3, -0.25) is 0 Å². The molecule has 0 radical (unpaired) electrons. The van der Waals surface area contributed by atoms with E-state index in [1.807, 2.05) is 39.0 Å². The lowest BCUT2D eigenvalue weighted by Crippen LogP contribution is -2.42. The van der Waals surface area contributed by atoms with Crippen LogP contribution in [-0.2, 0) is 4.74 Å². The summed E-state index contributed by atoms with van der Waals surface area (Å²) >= 11 is 0. The van der Waals surface area contributed by atoms with E-state index in [0.717, 1.165) is 25.1 Å². The molecular weight excluding hydrogens is 268 g/mol. The van der Waals surface area contributed by atoms with Crippen LogP contribution in [0.2, 0.25) is 0 Å². The maximum atomic E-state index is 12.2. The van der Waals surface area contributed by atoms with Crippen LogP contribution in [0.4, 0.5) is 10.5 Å². The lowest BCUT2D eigenvalue weighted by molar-refractivity contribution is 0.0187. The molecule has 1 amide bonds. The number of amides is 1. The van der Waals surface area contributed by atoms with Crippen molar-refractivity contribution in [3.63, 3.8) is 0 Å². The second-order valence-electron chi connectivity index (χ2n) is 6.35. The molecule has 2 N–H and O–H groups in total. The third-order valence-corrected chi connectivity index (χ3v) is 3.31. The average Bonchev–Trinajstić information content (AvgIpc) is 2.83. The van der Waals surface area contributed by atoms with Crippen LogP contribution in [0, 0.1) is 0 Å². The van der Waals surface area contributed by atoms with Gasteiger partial charge in [0.15, 0.2) is 0 Å². The van der Waals surface area contributed by atoms with Gasteiger partial charge in [-0.05, 0) is 45.7 Å². The number of nitrogens with zero attached hydrogens (tertiary/aromatic N) is 1. The molecule has 2 rings (SSSR count). The van der Waals surface area contributed by atoms with E-state index in [1.165, 1.54) is 0 Å². The largest absolute Gasteiger partial charge is 0.491 e. The Balaban J connectivity index is 1.91. The van der Waals surface area contributed by atoms with Crippen LogP contribution in [0.15, 0.2) is 24.3 Å². The molecule has 1 saturated heterocycles. The first-order chi connectivity index (χ1) is 9.85. The number of nitrogens with two attached hydrogens (primary N) is 1. The molecule has 1 aliphatic heterocycles. The normalized spacial score (nSPS) is 18.6. The van der Waals surface area contributed by atoms with Gasteiger partial charge < -0.3 is 20.1 Å². The van der Waals surface area contributed by atoms with Crippen LogP contribution in [0.1, 0.15) is 33.6 Å². The van der Waals surface area contributed by atoms with E-state index in [9.17, 15) is 4.79 Å². The van der Waals surface area contributed by atoms with Crippen LogP contribution in [0.5, 0.6) is 5.75 Å². The van der Waals surface area contributed by atoms with Crippen LogP contribution >= 0.6 is 0 Å². The quantitative estimate of drug-likeness (QED) is 0.870. The number of ether oxygens (including phenoxy) is 2. The Kier molecular flexibility index (Phi) is 4.60. The molecule has 5 heteroatoms. The summed E-state index contributed by atoms with van der Waals surface area (Å²) in [6.45, 7) is 6.81. The highest BCUT2D eigenvalue weighted by Gasteiger charge is 2.32. The lowest BCUT2D eigenvalue weighted by atomic mass is 10.2. The van der Waals surface area contributed by atoms with Gasteiger partial charge in [-0.1, -0.05) is 6.07 Å². The zero-order valence-corrected chi connectivity index (χ0v) is 13.0. The second-order valence-corrected chi connectivity index (χ2v) is 6.35. The topological polar surface area (TPSA) is 64.8 Å². The average molecular weight is 292 g/mol. The first-order valence-corrected chi connectivity index (χ1v) is 7.33. The summed E-state index contributed by atoms with van der Waals surface area (Å²) < 4.78 is 11.2. The van der Waals surface area contributed by atoms with Gasteiger partial charge in [0.05, 0.1) is 6.04 Å². The van der Waals surface area contributed by atoms with Crippen molar-refractivity contribution >= 4 is 11.8 Å². The van der Waals surface area contributed by atoms with E-state index < -0.39 is 5.60 Å². The van der Waals surface area contributed by atoms with Crippen molar-refractivity contribution in [1.29, 1.82) is 0 Å². The number of hydrogen-bond donors (Lipinski definition) is 1. The third-order valence-electron chi connectivity index (χ3n) is 3.31. The molecule has 116 valence electrons. The Morgan fingerprint density at radius 2 is 2.19 bits per heavy atom. The van der Waals surface area contributed by atoms with Crippen LogP contribution in [0.25, 0.3) is 0 Å². The van der Waals surface area contributed by atoms with E-state index in [2.05, 4.69) is 0 Å². The minimum absolute atomic E-state index is 0.0567. The van der Waals surface area contributed by atoms with E-state index in [1.54, 1.807) is 11.0 Å². The fourth-order valence-electron chi connectivity index (χ4n) is 2.37. The predicted molar refractivity (Wildman–Crippen MR) is 82.3 cm³/mol. The Bertz CT molecular complexity index is 497. The van der Waals surface area contributed by atoms with Crippen molar-refractivity contribution in [3.8, 4) is 5.75 Å². The number of likely N-dealkylation sites (tertiary alicyclic amines) is 1. The molecule has 1 fully saturated rings. The molecule has 5 nitrogen and oxygen atoms in total. The zero-order chi connectivity index (χ0) is 15.5. The Hall–Kier alpha value is -1.91. The van der Waals surface area contributed by atoms with Crippen LogP contribution < -0.4 is 10.5 Å². The van der Waals surface area contributed by atoms with Crippen LogP contribution in [0.3, 0.4) is 0 Å². The standard InChI is InChI=1S/C16H24N2O3/c1-16(2,3)21-15(19)18-9-5-7-13(18)11-20-14-8-4-6-12(17)10-14/h4,6,8,10,13H,5,7,9,11,17H2,1-3H3/t13-/m0/s1. The highest BCUT2D eigenvalue weighted by atomic mass is 16.6. The fourth-order valence-corrected chi connectivity index (χ4v) is 2.37. The van der Waals surface area contributed by atoms with Crippen molar-refractivity contribution < 1.29 is 14.3 Å². The first-order valence-electron chi connectivity index (χ1n) is 7.33. The molecule has 1 aromatic carbocycles. The minimum atomic E-state index is -0.473. The van der Waals surface area contributed by atoms with Gasteiger partial charge >= 0.3 is 6.09 Å². The number of hydrogen-bond acceptors (Lipinski definition) is 4. The SMILES string of the molecule is CC(C)(C)OC(=O)N1CCC[C@H]1COc1cccc(N)c1. The van der Waals surface area contributed by atoms with E-state index in [4.69, 9.17) is 15.2 Å². The Morgan fingerprint density at radius 3 is 2.86 bits per heavy atom. The van der Waals surface area contributed by atoms with Gasteiger partial charge in [-0.25, -0.2) is 4.79 Å². The van der Waals surface area contributed by atoms with Crippen molar-refractivity contribution in [2.24, 2.45) is 0 Å². The summed E-state index contributed by atoms with van der Waals surface area (Å²) in [5.41, 5.74) is 5.92. The lowest BCUT2D eigenvalue weighted by Gasteiger charge is -2.28. The number of nitrogen functional groups attached to an aromatic ring is 1. The van der Waals surface area contributed by atoms with Gasteiger partial charge in [-0.2, -0.15) is 0 Å². The van der Waals surface area contributed by atoms with Crippen molar-refractivity contribution in [3.05, 3.63) is 24.3 Å². The molecule has 0 aliphatic carbocycles. The summed E-state index contributed by atoms with van der Waals surface area (Å²) in [6.07, 6.45) is 1.65. The maximum absolute atomic E-state index is 12.2. The van der Waals surface area contributed by atoms with Crippen LogP contribution in [-0.4, -0.2) is 35.8 Å². The first kappa shape index (κ1) is 15.5. The minimum Gasteiger partial charge on any atom is -0.491 e. The second kappa shape index (κ2) is 6.24. The summed E-state index contributed by atoms with van der Waals surface area (Å²) in [6, 6.07) is 7.37. The monoisotopic (exact) mass is 292 g/mol. The van der Waals surface area contributed by atoms with Gasteiger partial charge in [0.25, 0.3) is 0 Å². The smallest absolute Gasteiger partial charge is 0.410 e. The van der Waals surface area contributed by atoms with Gasteiger partial charge in [0.2, 0.25) is 0 Å². The number of rotatable bonds is 3. The molecule has 0 spiro atoms. The molecule has 0 unspecified atom stereocenters. The van der Waals surface area contributed by atoms with Gasteiger partial charge in [0, 0.05) is 18.3 Å². The zero-order valence-electron chi connectivity index (χ0n) is 13.0. The number of carbonyl (C=O) groups is 1. The molecule has 1 aromatic rings. The van der Waals surface area contributed by atoms with Gasteiger partial charge in [-0.15, -0.1) is 0 Å². The summed E-state index contributed by atoms with van der Waals surface area (Å²) in [4.78, 5) is 13.9. The van der Waals surface area contributed by atoms with E-state index in [-0.39, 0.29) is 12.1 Å². The third kappa shape index (κ3) is 4.55. The summed E-state index contributed by atoms with van der Waals surface area (Å²) in [5, 5.41) is 0. The molecule has 0 bridgehead atoms. The molecule has 1 aliphatic rings. The molecule has 1 atom stereocenters. The summed E-state index contributed by atoms with van der Waals surface area (Å²) in [5.74, 6) is 0.728. The Labute approximate surface area is 126 Å². The van der Waals surface area contributed by atoms with Crippen molar-refractivity contribution in [2.45, 2.75) is 45.3 Å². The Morgan fingerprint density at radius 1 is 1.43 bits per heavy atom. The molecule has 0 aromatic heterocycles.